The average molecular weight is 344 g/mol. The van der Waals surface area contributed by atoms with Crippen LogP contribution in [0.15, 0.2) is 46.2 Å². The monoisotopic (exact) mass is 343 g/mol. The summed E-state index contributed by atoms with van der Waals surface area (Å²) in [6, 6.07) is 8.94. The first-order valence-corrected chi connectivity index (χ1v) is 7.11. The molecule has 0 amide bonds. The van der Waals surface area contributed by atoms with Crippen molar-refractivity contribution in [1.82, 2.24) is 0 Å². The van der Waals surface area contributed by atoms with E-state index in [1.54, 1.807) is 18.2 Å². The summed E-state index contributed by atoms with van der Waals surface area (Å²) in [6.45, 7) is 0. The largest absolute Gasteiger partial charge is 0.478 e. The summed E-state index contributed by atoms with van der Waals surface area (Å²) in [7, 11) is 0. The Balaban J connectivity index is 2.44. The molecule has 8 heteroatoms. The Hall–Kier alpha value is -1.76. The van der Waals surface area contributed by atoms with Gasteiger partial charge in [-0.1, -0.05) is 41.0 Å². The molecule has 0 aliphatic heterocycles. The summed E-state index contributed by atoms with van der Waals surface area (Å²) in [6.07, 6.45) is 0. The maximum atomic E-state index is 11.1. The fourth-order valence-electron chi connectivity index (χ4n) is 1.61. The molecule has 2 rings (SSSR count). The lowest BCUT2D eigenvalue weighted by Crippen LogP contribution is -1.97. The number of carboxylic acid groups (broad SMARTS) is 1. The Labute approximate surface area is 133 Å². The Morgan fingerprint density at radius 3 is 2.52 bits per heavy atom. The molecule has 0 saturated heterocycles. The molecule has 0 atom stereocenters. The van der Waals surface area contributed by atoms with Gasteiger partial charge in [0.25, 0.3) is 0 Å². The number of hydrogen-bond donors (Lipinski definition) is 1. The van der Waals surface area contributed by atoms with Gasteiger partial charge in [0, 0.05) is 4.90 Å². The molecule has 0 aliphatic rings. The van der Waals surface area contributed by atoms with Crippen LogP contribution in [0.5, 0.6) is 0 Å². The third kappa shape index (κ3) is 3.47. The molecule has 5 nitrogen and oxygen atoms in total. The number of rotatable bonds is 4. The number of hydrogen-bond acceptors (Lipinski definition) is 4. The standard InChI is InChI=1S/C13H7Cl2NO4S/c14-9-5-4-7(6-8(9)13(17)18)21-11-3-1-2-10(15)12(11)16(19)20/h1-6H,(H,17,18). The number of halogens is 2. The van der Waals surface area contributed by atoms with E-state index in [-0.39, 0.29) is 21.3 Å². The van der Waals surface area contributed by atoms with Crippen LogP contribution in [0.2, 0.25) is 10.0 Å². The number of aromatic carboxylic acids is 1. The van der Waals surface area contributed by atoms with Crippen molar-refractivity contribution in [3.8, 4) is 0 Å². The molecule has 2 aromatic rings. The van der Waals surface area contributed by atoms with Crippen molar-refractivity contribution in [2.45, 2.75) is 9.79 Å². The number of carbonyl (C=O) groups is 1. The first-order chi connectivity index (χ1) is 9.90. The van der Waals surface area contributed by atoms with Gasteiger partial charge in [-0.25, -0.2) is 4.79 Å². The highest BCUT2D eigenvalue weighted by Gasteiger charge is 2.20. The minimum atomic E-state index is -1.16. The Kier molecular flexibility index (Phi) is 4.72. The molecule has 0 radical (unpaired) electrons. The SMILES string of the molecule is O=C(O)c1cc(Sc2cccc(Cl)c2[N+](=O)[O-])ccc1Cl. The lowest BCUT2D eigenvalue weighted by atomic mass is 10.2. The number of carboxylic acids is 1. The van der Waals surface area contributed by atoms with Gasteiger partial charge in [0.15, 0.2) is 0 Å². The van der Waals surface area contributed by atoms with Gasteiger partial charge in [0.05, 0.1) is 20.4 Å². The zero-order valence-corrected chi connectivity index (χ0v) is 12.6. The topological polar surface area (TPSA) is 80.4 Å². The molecule has 0 unspecified atom stereocenters. The van der Waals surface area contributed by atoms with Crippen LogP contribution in [0, 0.1) is 10.1 Å². The molecular formula is C13H7Cl2NO4S. The van der Waals surface area contributed by atoms with Crippen molar-refractivity contribution in [1.29, 1.82) is 0 Å². The highest BCUT2D eigenvalue weighted by Crippen LogP contribution is 2.39. The van der Waals surface area contributed by atoms with Crippen LogP contribution in [0.4, 0.5) is 5.69 Å². The van der Waals surface area contributed by atoms with Crippen LogP contribution < -0.4 is 0 Å². The van der Waals surface area contributed by atoms with Gasteiger partial charge in [-0.05, 0) is 30.3 Å². The molecular weight excluding hydrogens is 337 g/mol. The molecule has 1 N–H and O–H groups in total. The number of nitrogens with zero attached hydrogens (tertiary/aromatic N) is 1. The molecule has 0 bridgehead atoms. The minimum Gasteiger partial charge on any atom is -0.478 e. The number of nitro groups is 1. The van der Waals surface area contributed by atoms with E-state index >= 15 is 0 Å². The van der Waals surface area contributed by atoms with Crippen LogP contribution in [-0.2, 0) is 0 Å². The maximum absolute atomic E-state index is 11.1. The van der Waals surface area contributed by atoms with Gasteiger partial charge in [0.1, 0.15) is 5.02 Å². The van der Waals surface area contributed by atoms with Gasteiger partial charge >= 0.3 is 11.7 Å². The molecule has 0 aliphatic carbocycles. The van der Waals surface area contributed by atoms with E-state index in [4.69, 9.17) is 28.3 Å². The Bertz CT molecular complexity index is 736. The van der Waals surface area contributed by atoms with E-state index in [0.717, 1.165) is 11.8 Å². The van der Waals surface area contributed by atoms with Crippen molar-refractivity contribution >= 4 is 46.6 Å². The highest BCUT2D eigenvalue weighted by molar-refractivity contribution is 7.99. The lowest BCUT2D eigenvalue weighted by Gasteiger charge is -2.06. The predicted octanol–water partition coefficient (Wildman–Crippen LogP) is 4.75. The van der Waals surface area contributed by atoms with Crippen molar-refractivity contribution in [2.75, 3.05) is 0 Å². The second kappa shape index (κ2) is 6.34. The molecule has 0 heterocycles. The van der Waals surface area contributed by atoms with E-state index < -0.39 is 10.9 Å². The van der Waals surface area contributed by atoms with E-state index in [1.807, 2.05) is 0 Å². The fraction of sp³-hybridized carbons (Fsp3) is 0. The van der Waals surface area contributed by atoms with Crippen molar-refractivity contribution in [2.24, 2.45) is 0 Å². The van der Waals surface area contributed by atoms with Crippen molar-refractivity contribution in [3.63, 3.8) is 0 Å². The van der Waals surface area contributed by atoms with Gasteiger partial charge in [0.2, 0.25) is 0 Å². The summed E-state index contributed by atoms with van der Waals surface area (Å²) in [5.74, 6) is -1.16. The van der Waals surface area contributed by atoms with Gasteiger partial charge in [-0.2, -0.15) is 0 Å². The van der Waals surface area contributed by atoms with Crippen LogP contribution in [-0.4, -0.2) is 16.0 Å². The van der Waals surface area contributed by atoms with E-state index in [0.29, 0.717) is 9.79 Å². The first-order valence-electron chi connectivity index (χ1n) is 5.53. The van der Waals surface area contributed by atoms with E-state index in [1.165, 1.54) is 18.2 Å². The van der Waals surface area contributed by atoms with E-state index in [9.17, 15) is 14.9 Å². The normalized spacial score (nSPS) is 10.4. The minimum absolute atomic E-state index is 0.0254. The van der Waals surface area contributed by atoms with Crippen molar-refractivity contribution < 1.29 is 14.8 Å². The summed E-state index contributed by atoms with van der Waals surface area (Å²) in [5, 5.41) is 20.2. The van der Waals surface area contributed by atoms with Crippen LogP contribution in [0.25, 0.3) is 0 Å². The summed E-state index contributed by atoms with van der Waals surface area (Å²) < 4.78 is 0. The number of benzene rings is 2. The summed E-state index contributed by atoms with van der Waals surface area (Å²) in [4.78, 5) is 22.4. The predicted molar refractivity (Wildman–Crippen MR) is 80.6 cm³/mol. The summed E-state index contributed by atoms with van der Waals surface area (Å²) in [5.41, 5.74) is -0.276. The summed E-state index contributed by atoms with van der Waals surface area (Å²) >= 11 is 12.7. The van der Waals surface area contributed by atoms with Crippen LogP contribution in [0.3, 0.4) is 0 Å². The van der Waals surface area contributed by atoms with Gasteiger partial charge < -0.3 is 5.11 Å². The molecule has 0 aromatic heterocycles. The quantitative estimate of drug-likeness (QED) is 0.639. The third-order valence-electron chi connectivity index (χ3n) is 2.53. The zero-order chi connectivity index (χ0) is 15.6. The second-order valence-corrected chi connectivity index (χ2v) is 5.82. The molecule has 2 aromatic carbocycles. The van der Waals surface area contributed by atoms with Crippen molar-refractivity contribution in [3.05, 3.63) is 62.1 Å². The molecule has 0 saturated carbocycles. The van der Waals surface area contributed by atoms with Gasteiger partial charge in [-0.15, -0.1) is 0 Å². The molecule has 21 heavy (non-hydrogen) atoms. The zero-order valence-electron chi connectivity index (χ0n) is 10.2. The lowest BCUT2D eigenvalue weighted by molar-refractivity contribution is -0.387. The molecule has 0 fully saturated rings. The highest BCUT2D eigenvalue weighted by atomic mass is 35.5. The van der Waals surface area contributed by atoms with Gasteiger partial charge in [-0.3, -0.25) is 10.1 Å². The molecule has 0 spiro atoms. The van der Waals surface area contributed by atoms with Crippen LogP contribution in [0.1, 0.15) is 10.4 Å². The Morgan fingerprint density at radius 1 is 1.19 bits per heavy atom. The number of nitro benzene ring substituents is 1. The Morgan fingerprint density at radius 2 is 1.90 bits per heavy atom. The average Bonchev–Trinajstić information content (AvgIpc) is 2.40. The van der Waals surface area contributed by atoms with E-state index in [2.05, 4.69) is 0 Å². The molecule has 108 valence electrons. The first kappa shape index (κ1) is 15.6. The number of para-hydroxylation sites is 1. The third-order valence-corrected chi connectivity index (χ3v) is 4.20. The second-order valence-electron chi connectivity index (χ2n) is 3.89. The smallest absolute Gasteiger partial charge is 0.337 e. The maximum Gasteiger partial charge on any atom is 0.337 e. The van der Waals surface area contributed by atoms with Crippen LogP contribution >= 0.6 is 35.0 Å². The fourth-order valence-corrected chi connectivity index (χ4v) is 3.11.